The van der Waals surface area contributed by atoms with Crippen molar-refractivity contribution in [3.05, 3.63) is 71.8 Å². The number of nitrogens with one attached hydrogen (secondary N) is 2. The third kappa shape index (κ3) is 4.92. The van der Waals surface area contributed by atoms with Gasteiger partial charge in [-0.15, -0.1) is 0 Å². The lowest BCUT2D eigenvalue weighted by Crippen LogP contribution is -2.41. The Morgan fingerprint density at radius 1 is 1.04 bits per heavy atom. The number of amides is 2. The second kappa shape index (κ2) is 9.15. The van der Waals surface area contributed by atoms with Gasteiger partial charge in [0.15, 0.2) is 0 Å². The summed E-state index contributed by atoms with van der Waals surface area (Å²) in [6.45, 7) is 1.34. The maximum absolute atomic E-state index is 12.7. The van der Waals surface area contributed by atoms with E-state index in [9.17, 15) is 9.59 Å². The molecule has 1 heterocycles. The first-order valence-electron chi connectivity index (χ1n) is 9.04. The lowest BCUT2D eigenvalue weighted by Gasteiger charge is -2.19. The predicted octanol–water partition coefficient (Wildman–Crippen LogP) is 2.84. The van der Waals surface area contributed by atoms with Gasteiger partial charge in [-0.2, -0.15) is 0 Å². The van der Waals surface area contributed by atoms with E-state index in [0.717, 1.165) is 31.4 Å². The van der Waals surface area contributed by atoms with Gasteiger partial charge >= 0.3 is 0 Å². The van der Waals surface area contributed by atoms with Crippen LogP contribution in [-0.2, 0) is 9.53 Å². The minimum absolute atomic E-state index is 0.210. The number of carbonyl (C=O) groups excluding carboxylic acids is 2. The third-order valence-corrected chi connectivity index (χ3v) is 4.50. The van der Waals surface area contributed by atoms with Gasteiger partial charge in [-0.3, -0.25) is 9.59 Å². The van der Waals surface area contributed by atoms with Gasteiger partial charge in [0.1, 0.15) is 6.04 Å². The van der Waals surface area contributed by atoms with Gasteiger partial charge in [0.2, 0.25) is 5.91 Å². The fourth-order valence-electron chi connectivity index (χ4n) is 3.08. The maximum Gasteiger partial charge on any atom is 0.252 e. The van der Waals surface area contributed by atoms with Crippen LogP contribution in [0.25, 0.3) is 0 Å². The molecule has 5 nitrogen and oxygen atoms in total. The van der Waals surface area contributed by atoms with Gasteiger partial charge in [-0.1, -0.05) is 48.5 Å². The minimum atomic E-state index is -0.728. The van der Waals surface area contributed by atoms with E-state index in [1.54, 1.807) is 24.3 Å². The average Bonchev–Trinajstić information content (AvgIpc) is 3.20. The van der Waals surface area contributed by atoms with E-state index in [-0.39, 0.29) is 17.9 Å². The molecule has 2 aromatic carbocycles. The number of ether oxygens (including phenoxy) is 1. The van der Waals surface area contributed by atoms with Crippen LogP contribution in [0.1, 0.15) is 41.2 Å². The number of hydrogen-bond donors (Lipinski definition) is 2. The van der Waals surface area contributed by atoms with Crippen LogP contribution in [0.2, 0.25) is 0 Å². The molecule has 2 amide bonds. The first-order chi connectivity index (χ1) is 12.7. The molecule has 2 aromatic rings. The molecule has 0 bridgehead atoms. The summed E-state index contributed by atoms with van der Waals surface area (Å²) in [5, 5.41) is 5.78. The van der Waals surface area contributed by atoms with Gasteiger partial charge in [0, 0.05) is 18.7 Å². The summed E-state index contributed by atoms with van der Waals surface area (Å²) in [5.41, 5.74) is 1.28. The molecule has 26 heavy (non-hydrogen) atoms. The Bertz CT molecular complexity index is 713. The van der Waals surface area contributed by atoms with E-state index >= 15 is 0 Å². The monoisotopic (exact) mass is 352 g/mol. The first kappa shape index (κ1) is 18.1. The Labute approximate surface area is 153 Å². The van der Waals surface area contributed by atoms with Crippen molar-refractivity contribution in [2.75, 3.05) is 13.2 Å². The van der Waals surface area contributed by atoms with E-state index in [0.29, 0.717) is 12.1 Å². The summed E-state index contributed by atoms with van der Waals surface area (Å²) in [7, 11) is 0. The van der Waals surface area contributed by atoms with Crippen molar-refractivity contribution in [2.24, 2.45) is 0 Å². The summed E-state index contributed by atoms with van der Waals surface area (Å²) in [6, 6.07) is 17.5. The van der Waals surface area contributed by atoms with Crippen molar-refractivity contribution in [3.63, 3.8) is 0 Å². The summed E-state index contributed by atoms with van der Waals surface area (Å²) < 4.78 is 5.58. The van der Waals surface area contributed by atoms with Crippen LogP contribution < -0.4 is 10.6 Å². The number of hydrogen-bond acceptors (Lipinski definition) is 3. The highest BCUT2D eigenvalue weighted by atomic mass is 16.5. The number of benzene rings is 2. The molecular weight excluding hydrogens is 328 g/mol. The molecule has 136 valence electrons. The molecular formula is C21H24N2O3. The van der Waals surface area contributed by atoms with Crippen molar-refractivity contribution in [1.29, 1.82) is 0 Å². The molecule has 3 rings (SSSR count). The fourth-order valence-corrected chi connectivity index (χ4v) is 3.08. The Morgan fingerprint density at radius 3 is 2.38 bits per heavy atom. The van der Waals surface area contributed by atoms with E-state index < -0.39 is 6.04 Å². The van der Waals surface area contributed by atoms with Crippen LogP contribution in [0.5, 0.6) is 0 Å². The molecule has 0 aliphatic carbocycles. The second-order valence-corrected chi connectivity index (χ2v) is 6.40. The van der Waals surface area contributed by atoms with Gasteiger partial charge in [-0.25, -0.2) is 0 Å². The van der Waals surface area contributed by atoms with E-state index in [1.165, 1.54) is 0 Å². The van der Waals surface area contributed by atoms with Crippen LogP contribution in [0, 0.1) is 0 Å². The first-order valence-corrected chi connectivity index (χ1v) is 9.04. The highest BCUT2D eigenvalue weighted by molar-refractivity contribution is 5.97. The van der Waals surface area contributed by atoms with E-state index in [4.69, 9.17) is 4.74 Å². The smallest absolute Gasteiger partial charge is 0.252 e. The number of rotatable bonds is 7. The zero-order chi connectivity index (χ0) is 18.2. The molecule has 2 unspecified atom stereocenters. The zero-order valence-corrected chi connectivity index (χ0v) is 14.7. The standard InChI is InChI=1S/C21H24N2O3/c24-20(17-10-5-2-6-11-17)23-19(16-8-3-1-4-9-16)21(25)22-14-13-18-12-7-15-26-18/h1-6,8-11,18-19H,7,12-15H2,(H,22,25)(H,23,24). The van der Waals surface area contributed by atoms with Crippen LogP contribution in [0.3, 0.4) is 0 Å². The van der Waals surface area contributed by atoms with E-state index in [2.05, 4.69) is 10.6 Å². The summed E-state index contributed by atoms with van der Waals surface area (Å²) in [4.78, 5) is 25.2. The normalized spacial score (nSPS) is 17.5. The topological polar surface area (TPSA) is 67.4 Å². The second-order valence-electron chi connectivity index (χ2n) is 6.40. The third-order valence-electron chi connectivity index (χ3n) is 4.50. The molecule has 1 aliphatic heterocycles. The van der Waals surface area contributed by atoms with Crippen LogP contribution in [0.15, 0.2) is 60.7 Å². The van der Waals surface area contributed by atoms with Crippen molar-refractivity contribution >= 4 is 11.8 Å². The Hall–Kier alpha value is -2.66. The molecule has 2 atom stereocenters. The summed E-state index contributed by atoms with van der Waals surface area (Å²) in [5.74, 6) is -0.479. The molecule has 5 heteroatoms. The molecule has 0 radical (unpaired) electrons. The molecule has 0 saturated carbocycles. The molecule has 0 aromatic heterocycles. The zero-order valence-electron chi connectivity index (χ0n) is 14.7. The fraction of sp³-hybridized carbons (Fsp3) is 0.333. The average molecular weight is 352 g/mol. The SMILES string of the molecule is O=C(NC(C(=O)NCCC1CCCO1)c1ccccc1)c1ccccc1. The van der Waals surface area contributed by atoms with Crippen molar-refractivity contribution in [3.8, 4) is 0 Å². The van der Waals surface area contributed by atoms with Gasteiger partial charge < -0.3 is 15.4 Å². The Kier molecular flexibility index (Phi) is 6.39. The molecule has 2 N–H and O–H groups in total. The summed E-state index contributed by atoms with van der Waals surface area (Å²) in [6.07, 6.45) is 3.14. The maximum atomic E-state index is 12.7. The van der Waals surface area contributed by atoms with Crippen LogP contribution in [0.4, 0.5) is 0 Å². The molecule has 0 spiro atoms. The highest BCUT2D eigenvalue weighted by Gasteiger charge is 2.23. The molecule has 1 fully saturated rings. The van der Waals surface area contributed by atoms with E-state index in [1.807, 2.05) is 36.4 Å². The minimum Gasteiger partial charge on any atom is -0.378 e. The lowest BCUT2D eigenvalue weighted by atomic mass is 10.1. The van der Waals surface area contributed by atoms with Crippen LogP contribution >= 0.6 is 0 Å². The van der Waals surface area contributed by atoms with Crippen molar-refractivity contribution in [1.82, 2.24) is 10.6 Å². The van der Waals surface area contributed by atoms with Crippen molar-refractivity contribution < 1.29 is 14.3 Å². The largest absolute Gasteiger partial charge is 0.378 e. The van der Waals surface area contributed by atoms with Gasteiger partial charge in [-0.05, 0) is 37.0 Å². The highest BCUT2D eigenvalue weighted by Crippen LogP contribution is 2.16. The Balaban J connectivity index is 1.64. The summed E-state index contributed by atoms with van der Waals surface area (Å²) >= 11 is 0. The van der Waals surface area contributed by atoms with Gasteiger partial charge in [0.05, 0.1) is 6.10 Å². The predicted molar refractivity (Wildman–Crippen MR) is 99.7 cm³/mol. The lowest BCUT2D eigenvalue weighted by molar-refractivity contribution is -0.123. The quantitative estimate of drug-likeness (QED) is 0.805. The number of carbonyl (C=O) groups is 2. The van der Waals surface area contributed by atoms with Gasteiger partial charge in [0.25, 0.3) is 5.91 Å². The molecule has 1 aliphatic rings. The van der Waals surface area contributed by atoms with Crippen LogP contribution in [-0.4, -0.2) is 31.1 Å². The van der Waals surface area contributed by atoms with Crippen molar-refractivity contribution in [2.45, 2.75) is 31.4 Å². The molecule has 1 saturated heterocycles. The Morgan fingerprint density at radius 2 is 1.73 bits per heavy atom.